The number of benzene rings is 3. The molecule has 0 bridgehead atoms. The second kappa shape index (κ2) is 9.17. The number of nitrogens with one attached hydrogen (secondary N) is 2. The molecule has 0 heterocycles. The van der Waals surface area contributed by atoms with Crippen LogP contribution >= 0.6 is 0 Å². The fraction of sp³-hybridized carbons (Fsp3) is 0.269. The van der Waals surface area contributed by atoms with Crippen molar-refractivity contribution in [2.45, 2.75) is 50.5 Å². The molecule has 6 heteroatoms. The Balaban J connectivity index is 1.47. The standard InChI is InChI=1S/C26H28N2O3S/c1-18-10-14-25(15-11-18)32(30,31)28-24-9-5-8-23(17-24)26(29)27-19(2)21-13-12-20-6-3-4-7-22(20)16-21/h5,8-17,19,28H,3-4,6-7H2,1-2H3,(H,27,29). The van der Waals surface area contributed by atoms with E-state index in [4.69, 9.17) is 0 Å². The maximum absolute atomic E-state index is 12.9. The summed E-state index contributed by atoms with van der Waals surface area (Å²) in [6.45, 7) is 3.86. The van der Waals surface area contributed by atoms with Crippen LogP contribution in [0.5, 0.6) is 0 Å². The maximum atomic E-state index is 12.9. The molecule has 1 unspecified atom stereocenters. The third-order valence-electron chi connectivity index (χ3n) is 5.93. The predicted molar refractivity (Wildman–Crippen MR) is 127 cm³/mol. The largest absolute Gasteiger partial charge is 0.346 e. The van der Waals surface area contributed by atoms with Gasteiger partial charge in [-0.25, -0.2) is 8.42 Å². The maximum Gasteiger partial charge on any atom is 0.261 e. The van der Waals surface area contributed by atoms with Crippen molar-refractivity contribution in [1.82, 2.24) is 5.32 Å². The van der Waals surface area contributed by atoms with Gasteiger partial charge in [0.2, 0.25) is 0 Å². The van der Waals surface area contributed by atoms with E-state index in [1.807, 2.05) is 13.8 Å². The minimum Gasteiger partial charge on any atom is -0.346 e. The Labute approximate surface area is 189 Å². The Morgan fingerprint density at radius 3 is 2.38 bits per heavy atom. The number of aryl methyl sites for hydroxylation is 3. The molecule has 1 aliphatic carbocycles. The molecule has 0 fully saturated rings. The molecule has 166 valence electrons. The van der Waals surface area contributed by atoms with Gasteiger partial charge in [-0.3, -0.25) is 9.52 Å². The van der Waals surface area contributed by atoms with E-state index in [1.54, 1.807) is 48.5 Å². The Bertz CT molecular complexity index is 1230. The van der Waals surface area contributed by atoms with Crippen LogP contribution in [0.15, 0.2) is 71.6 Å². The molecule has 0 saturated carbocycles. The molecule has 1 atom stereocenters. The molecule has 0 radical (unpaired) electrons. The number of amides is 1. The molecule has 1 amide bonds. The Morgan fingerprint density at radius 1 is 0.906 bits per heavy atom. The van der Waals surface area contributed by atoms with Gasteiger partial charge < -0.3 is 5.32 Å². The van der Waals surface area contributed by atoms with Crippen LogP contribution in [0.2, 0.25) is 0 Å². The topological polar surface area (TPSA) is 75.3 Å². The van der Waals surface area contributed by atoms with Crippen molar-refractivity contribution in [1.29, 1.82) is 0 Å². The lowest BCUT2D eigenvalue weighted by Crippen LogP contribution is -2.27. The van der Waals surface area contributed by atoms with Gasteiger partial charge in [-0.1, -0.05) is 42.0 Å². The van der Waals surface area contributed by atoms with Crippen molar-refractivity contribution in [3.8, 4) is 0 Å². The van der Waals surface area contributed by atoms with E-state index < -0.39 is 10.0 Å². The van der Waals surface area contributed by atoms with Crippen LogP contribution in [0.1, 0.15) is 58.4 Å². The SMILES string of the molecule is Cc1ccc(S(=O)(=O)Nc2cccc(C(=O)NC(C)c3ccc4c(c3)CCCC4)c2)cc1. The molecular formula is C26H28N2O3S. The first-order chi connectivity index (χ1) is 15.3. The van der Waals surface area contributed by atoms with Crippen molar-refractivity contribution in [2.75, 3.05) is 4.72 Å². The monoisotopic (exact) mass is 448 g/mol. The molecule has 2 N–H and O–H groups in total. The van der Waals surface area contributed by atoms with Crippen LogP contribution in [-0.4, -0.2) is 14.3 Å². The zero-order valence-corrected chi connectivity index (χ0v) is 19.2. The van der Waals surface area contributed by atoms with Crippen LogP contribution < -0.4 is 10.0 Å². The van der Waals surface area contributed by atoms with Crippen molar-refractivity contribution < 1.29 is 13.2 Å². The normalized spacial score (nSPS) is 14.3. The number of sulfonamides is 1. The van der Waals surface area contributed by atoms with Crippen molar-refractivity contribution in [2.24, 2.45) is 0 Å². The number of hydrogen-bond donors (Lipinski definition) is 2. The molecule has 3 aromatic carbocycles. The summed E-state index contributed by atoms with van der Waals surface area (Å²) in [5, 5.41) is 3.03. The van der Waals surface area contributed by atoms with Crippen molar-refractivity contribution >= 4 is 21.6 Å². The van der Waals surface area contributed by atoms with Gasteiger partial charge in [0.1, 0.15) is 0 Å². The third kappa shape index (κ3) is 5.02. The quantitative estimate of drug-likeness (QED) is 0.547. The Kier molecular flexibility index (Phi) is 6.33. The highest BCUT2D eigenvalue weighted by Gasteiger charge is 2.17. The molecule has 0 saturated heterocycles. The van der Waals surface area contributed by atoms with E-state index in [-0.39, 0.29) is 16.8 Å². The number of fused-ring (bicyclic) bond motifs is 1. The van der Waals surface area contributed by atoms with Gasteiger partial charge in [-0.05, 0) is 86.6 Å². The zero-order valence-electron chi connectivity index (χ0n) is 18.4. The third-order valence-corrected chi connectivity index (χ3v) is 7.33. The number of rotatable bonds is 6. The summed E-state index contributed by atoms with van der Waals surface area (Å²) in [6.07, 6.45) is 4.67. The molecule has 32 heavy (non-hydrogen) atoms. The first kappa shape index (κ1) is 22.1. The summed E-state index contributed by atoms with van der Waals surface area (Å²) in [7, 11) is -3.73. The molecule has 5 nitrogen and oxygen atoms in total. The van der Waals surface area contributed by atoms with Gasteiger partial charge in [-0.2, -0.15) is 0 Å². The minimum absolute atomic E-state index is 0.150. The van der Waals surface area contributed by atoms with Crippen LogP contribution in [0, 0.1) is 6.92 Å². The molecular weight excluding hydrogens is 420 g/mol. The summed E-state index contributed by atoms with van der Waals surface area (Å²) in [6, 6.07) is 19.5. The lowest BCUT2D eigenvalue weighted by atomic mass is 9.89. The van der Waals surface area contributed by atoms with Gasteiger partial charge in [0.25, 0.3) is 15.9 Å². The minimum atomic E-state index is -3.73. The Morgan fingerprint density at radius 2 is 1.62 bits per heavy atom. The first-order valence-corrected chi connectivity index (χ1v) is 12.4. The van der Waals surface area contributed by atoms with E-state index in [0.717, 1.165) is 24.0 Å². The van der Waals surface area contributed by atoms with E-state index in [2.05, 4.69) is 28.2 Å². The summed E-state index contributed by atoms with van der Waals surface area (Å²) >= 11 is 0. The van der Waals surface area contributed by atoms with Crippen LogP contribution in [-0.2, 0) is 22.9 Å². The van der Waals surface area contributed by atoms with Gasteiger partial charge in [0, 0.05) is 11.3 Å². The van der Waals surface area contributed by atoms with E-state index in [9.17, 15) is 13.2 Å². The second-order valence-corrected chi connectivity index (χ2v) is 10.1. The summed E-state index contributed by atoms with van der Waals surface area (Å²) < 4.78 is 27.9. The highest BCUT2D eigenvalue weighted by molar-refractivity contribution is 7.92. The fourth-order valence-electron chi connectivity index (χ4n) is 4.04. The molecule has 1 aliphatic rings. The van der Waals surface area contributed by atoms with Crippen LogP contribution in [0.3, 0.4) is 0 Å². The number of anilines is 1. The average molecular weight is 449 g/mol. The predicted octanol–water partition coefficient (Wildman–Crippen LogP) is 5.17. The van der Waals surface area contributed by atoms with Gasteiger partial charge in [0.15, 0.2) is 0 Å². The summed E-state index contributed by atoms with van der Waals surface area (Å²) in [5.74, 6) is -0.244. The van der Waals surface area contributed by atoms with E-state index in [1.165, 1.54) is 24.0 Å². The van der Waals surface area contributed by atoms with Crippen molar-refractivity contribution in [3.63, 3.8) is 0 Å². The lowest BCUT2D eigenvalue weighted by Gasteiger charge is -2.20. The van der Waals surface area contributed by atoms with Gasteiger partial charge >= 0.3 is 0 Å². The molecule has 4 rings (SSSR count). The molecule has 0 aromatic heterocycles. The number of hydrogen-bond acceptors (Lipinski definition) is 3. The molecule has 0 aliphatic heterocycles. The Hall–Kier alpha value is -3.12. The van der Waals surface area contributed by atoms with Crippen LogP contribution in [0.4, 0.5) is 5.69 Å². The molecule has 3 aromatic rings. The fourth-order valence-corrected chi connectivity index (χ4v) is 5.09. The smallest absolute Gasteiger partial charge is 0.261 e. The second-order valence-electron chi connectivity index (χ2n) is 8.43. The van der Waals surface area contributed by atoms with Gasteiger partial charge in [-0.15, -0.1) is 0 Å². The number of carbonyl (C=O) groups excluding carboxylic acids is 1. The highest BCUT2D eigenvalue weighted by Crippen LogP contribution is 2.25. The van der Waals surface area contributed by atoms with Crippen LogP contribution in [0.25, 0.3) is 0 Å². The lowest BCUT2D eigenvalue weighted by molar-refractivity contribution is 0.0940. The summed E-state index contributed by atoms with van der Waals surface area (Å²) in [5.41, 5.74) is 5.60. The summed E-state index contributed by atoms with van der Waals surface area (Å²) in [4.78, 5) is 13.0. The highest BCUT2D eigenvalue weighted by atomic mass is 32.2. The number of carbonyl (C=O) groups is 1. The molecule has 0 spiro atoms. The average Bonchev–Trinajstić information content (AvgIpc) is 2.79. The van der Waals surface area contributed by atoms with Crippen molar-refractivity contribution in [3.05, 3.63) is 94.5 Å². The van der Waals surface area contributed by atoms with Gasteiger partial charge in [0.05, 0.1) is 10.9 Å². The van der Waals surface area contributed by atoms with E-state index in [0.29, 0.717) is 11.3 Å². The van der Waals surface area contributed by atoms with E-state index >= 15 is 0 Å². The first-order valence-electron chi connectivity index (χ1n) is 10.9. The zero-order chi connectivity index (χ0) is 22.7.